The first-order valence-corrected chi connectivity index (χ1v) is 11.2. The van der Waals surface area contributed by atoms with E-state index in [9.17, 15) is 13.2 Å². The molecule has 3 aromatic rings. The highest BCUT2D eigenvalue weighted by atomic mass is 32.2. The highest BCUT2D eigenvalue weighted by molar-refractivity contribution is 7.92. The fourth-order valence-electron chi connectivity index (χ4n) is 3.15. The minimum atomic E-state index is -3.75. The standard InChI is InChI=1S/C24H26N2O4S/c1-17-8-12-22(13-9-17)31(28,29)26(3)23-15-20(11-10-18(23)2)24(27)25-16-19-6-5-7-21(14-19)30-4/h5-15H,16H2,1-4H3,(H,25,27). The highest BCUT2D eigenvalue weighted by Gasteiger charge is 2.23. The zero-order valence-corrected chi connectivity index (χ0v) is 18.9. The number of carbonyl (C=O) groups is 1. The minimum Gasteiger partial charge on any atom is -0.497 e. The molecule has 0 aliphatic rings. The van der Waals surface area contributed by atoms with Crippen molar-refractivity contribution < 1.29 is 17.9 Å². The van der Waals surface area contributed by atoms with Gasteiger partial charge in [-0.15, -0.1) is 0 Å². The molecular formula is C24H26N2O4S. The molecule has 0 fully saturated rings. The van der Waals surface area contributed by atoms with E-state index in [1.807, 2.05) is 38.1 Å². The second-order valence-electron chi connectivity index (χ2n) is 7.32. The van der Waals surface area contributed by atoms with Gasteiger partial charge in [-0.1, -0.05) is 35.9 Å². The first-order chi connectivity index (χ1) is 14.7. The van der Waals surface area contributed by atoms with Gasteiger partial charge >= 0.3 is 0 Å². The normalized spacial score (nSPS) is 11.1. The summed E-state index contributed by atoms with van der Waals surface area (Å²) < 4.78 is 32.5. The van der Waals surface area contributed by atoms with Gasteiger partial charge in [0.25, 0.3) is 15.9 Å². The molecule has 0 aliphatic carbocycles. The van der Waals surface area contributed by atoms with Crippen molar-refractivity contribution in [2.24, 2.45) is 0 Å². The highest BCUT2D eigenvalue weighted by Crippen LogP contribution is 2.27. The van der Waals surface area contributed by atoms with Gasteiger partial charge in [0, 0.05) is 19.2 Å². The lowest BCUT2D eigenvalue weighted by Gasteiger charge is -2.22. The third-order valence-corrected chi connectivity index (χ3v) is 6.86. The molecule has 0 heterocycles. The van der Waals surface area contributed by atoms with Crippen LogP contribution in [0.15, 0.2) is 71.6 Å². The van der Waals surface area contributed by atoms with Gasteiger partial charge in [-0.25, -0.2) is 8.42 Å². The molecule has 3 rings (SSSR count). The van der Waals surface area contributed by atoms with Crippen LogP contribution in [0.3, 0.4) is 0 Å². The Morgan fingerprint density at radius 2 is 1.71 bits per heavy atom. The van der Waals surface area contributed by atoms with Gasteiger partial charge in [-0.05, 0) is 61.4 Å². The molecule has 162 valence electrons. The Kier molecular flexibility index (Phi) is 6.65. The predicted molar refractivity (Wildman–Crippen MR) is 122 cm³/mol. The second-order valence-corrected chi connectivity index (χ2v) is 9.29. The summed E-state index contributed by atoms with van der Waals surface area (Å²) in [4.78, 5) is 12.9. The lowest BCUT2D eigenvalue weighted by molar-refractivity contribution is 0.0951. The number of hydrogen-bond donors (Lipinski definition) is 1. The maximum absolute atomic E-state index is 13.1. The van der Waals surface area contributed by atoms with Gasteiger partial charge in [-0.2, -0.15) is 0 Å². The molecule has 0 saturated carbocycles. The number of benzene rings is 3. The third-order valence-electron chi connectivity index (χ3n) is 5.08. The molecule has 7 heteroatoms. The Morgan fingerprint density at radius 1 is 1.00 bits per heavy atom. The van der Waals surface area contributed by atoms with E-state index in [1.54, 1.807) is 49.6 Å². The van der Waals surface area contributed by atoms with Crippen molar-refractivity contribution in [3.8, 4) is 5.75 Å². The zero-order chi connectivity index (χ0) is 22.6. The van der Waals surface area contributed by atoms with Crippen LogP contribution in [-0.2, 0) is 16.6 Å². The van der Waals surface area contributed by atoms with E-state index in [0.29, 0.717) is 23.5 Å². The first kappa shape index (κ1) is 22.4. The van der Waals surface area contributed by atoms with Crippen LogP contribution in [0.25, 0.3) is 0 Å². The van der Waals surface area contributed by atoms with E-state index in [-0.39, 0.29) is 10.8 Å². The summed E-state index contributed by atoms with van der Waals surface area (Å²) in [5.41, 5.74) is 3.47. The van der Waals surface area contributed by atoms with Crippen LogP contribution in [0.5, 0.6) is 5.75 Å². The quantitative estimate of drug-likeness (QED) is 0.603. The molecular weight excluding hydrogens is 412 g/mol. The van der Waals surface area contributed by atoms with Crippen molar-refractivity contribution in [1.29, 1.82) is 0 Å². The molecule has 0 aromatic heterocycles. The van der Waals surface area contributed by atoms with E-state index in [1.165, 1.54) is 11.4 Å². The maximum Gasteiger partial charge on any atom is 0.264 e. The number of amides is 1. The molecule has 0 saturated heterocycles. The van der Waals surface area contributed by atoms with Crippen molar-refractivity contribution in [3.05, 3.63) is 89.0 Å². The van der Waals surface area contributed by atoms with Gasteiger partial charge in [0.05, 0.1) is 17.7 Å². The molecule has 0 radical (unpaired) electrons. The number of aryl methyl sites for hydroxylation is 2. The van der Waals surface area contributed by atoms with Gasteiger partial charge in [0.2, 0.25) is 0 Å². The SMILES string of the molecule is COc1cccc(CNC(=O)c2ccc(C)c(N(C)S(=O)(=O)c3ccc(C)cc3)c2)c1. The molecule has 0 unspecified atom stereocenters. The number of hydrogen-bond acceptors (Lipinski definition) is 4. The van der Waals surface area contributed by atoms with Gasteiger partial charge in [0.15, 0.2) is 0 Å². The number of nitrogens with zero attached hydrogens (tertiary/aromatic N) is 1. The summed E-state index contributed by atoms with van der Waals surface area (Å²) in [5.74, 6) is 0.428. The third kappa shape index (κ3) is 5.06. The number of carbonyl (C=O) groups excluding carboxylic acids is 1. The van der Waals surface area contributed by atoms with Crippen molar-refractivity contribution in [2.75, 3.05) is 18.5 Å². The summed E-state index contributed by atoms with van der Waals surface area (Å²) in [5, 5.41) is 2.87. The van der Waals surface area contributed by atoms with Crippen LogP contribution < -0.4 is 14.4 Å². The van der Waals surface area contributed by atoms with Gasteiger partial charge in [0.1, 0.15) is 5.75 Å². The topological polar surface area (TPSA) is 75.7 Å². The van der Waals surface area contributed by atoms with Crippen LogP contribution >= 0.6 is 0 Å². The van der Waals surface area contributed by atoms with Crippen molar-refractivity contribution in [2.45, 2.75) is 25.3 Å². The van der Waals surface area contributed by atoms with Crippen LogP contribution in [-0.4, -0.2) is 28.5 Å². The van der Waals surface area contributed by atoms with Crippen LogP contribution in [0, 0.1) is 13.8 Å². The Labute approximate surface area is 183 Å². The van der Waals surface area contributed by atoms with Crippen LogP contribution in [0.1, 0.15) is 27.0 Å². The van der Waals surface area contributed by atoms with Crippen molar-refractivity contribution in [3.63, 3.8) is 0 Å². The van der Waals surface area contributed by atoms with Crippen LogP contribution in [0.4, 0.5) is 5.69 Å². The molecule has 31 heavy (non-hydrogen) atoms. The van der Waals surface area contributed by atoms with E-state index in [4.69, 9.17) is 4.74 Å². The number of methoxy groups -OCH3 is 1. The van der Waals surface area contributed by atoms with E-state index in [2.05, 4.69) is 5.32 Å². The number of sulfonamides is 1. The molecule has 1 N–H and O–H groups in total. The van der Waals surface area contributed by atoms with Crippen LogP contribution in [0.2, 0.25) is 0 Å². The molecule has 0 atom stereocenters. The number of rotatable bonds is 7. The van der Waals surface area contributed by atoms with Crippen molar-refractivity contribution in [1.82, 2.24) is 5.32 Å². The Hall–Kier alpha value is -3.32. The fourth-order valence-corrected chi connectivity index (χ4v) is 4.41. The van der Waals surface area contributed by atoms with E-state index >= 15 is 0 Å². The fraction of sp³-hybridized carbons (Fsp3) is 0.208. The monoisotopic (exact) mass is 438 g/mol. The Bertz CT molecular complexity index is 1190. The van der Waals surface area contributed by atoms with E-state index in [0.717, 1.165) is 16.7 Å². The molecule has 0 bridgehead atoms. The molecule has 1 amide bonds. The maximum atomic E-state index is 13.1. The smallest absolute Gasteiger partial charge is 0.264 e. The average Bonchev–Trinajstić information content (AvgIpc) is 2.77. The number of nitrogens with one attached hydrogen (secondary N) is 1. The van der Waals surface area contributed by atoms with E-state index < -0.39 is 10.0 Å². The molecule has 0 spiro atoms. The zero-order valence-electron chi connectivity index (χ0n) is 18.0. The summed E-state index contributed by atoms with van der Waals surface area (Å²) in [6.07, 6.45) is 0. The molecule has 3 aromatic carbocycles. The first-order valence-electron chi connectivity index (χ1n) is 9.80. The summed E-state index contributed by atoms with van der Waals surface area (Å²) in [7, 11) is -0.664. The van der Waals surface area contributed by atoms with Crippen molar-refractivity contribution >= 4 is 21.6 Å². The average molecular weight is 439 g/mol. The predicted octanol–water partition coefficient (Wildman–Crippen LogP) is 4.07. The second kappa shape index (κ2) is 9.22. The largest absolute Gasteiger partial charge is 0.497 e. The molecule has 6 nitrogen and oxygen atoms in total. The summed E-state index contributed by atoms with van der Waals surface area (Å²) in [6.45, 7) is 4.04. The Balaban J connectivity index is 1.81. The number of anilines is 1. The summed E-state index contributed by atoms with van der Waals surface area (Å²) in [6, 6.07) is 19.2. The lowest BCUT2D eigenvalue weighted by atomic mass is 10.1. The molecule has 0 aliphatic heterocycles. The number of ether oxygens (including phenoxy) is 1. The van der Waals surface area contributed by atoms with Gasteiger partial charge in [-0.3, -0.25) is 9.10 Å². The van der Waals surface area contributed by atoms with Gasteiger partial charge < -0.3 is 10.1 Å². The minimum absolute atomic E-state index is 0.202. The summed E-state index contributed by atoms with van der Waals surface area (Å²) >= 11 is 0. The lowest BCUT2D eigenvalue weighted by Crippen LogP contribution is -2.28. The Morgan fingerprint density at radius 3 is 2.39 bits per heavy atom.